The van der Waals surface area contributed by atoms with Crippen LogP contribution in [0.5, 0.6) is 0 Å². The van der Waals surface area contributed by atoms with Gasteiger partial charge in [-0.25, -0.2) is 0 Å². The molecule has 22 heavy (non-hydrogen) atoms. The number of amides is 1. The molecule has 2 aliphatic heterocycles. The molecule has 1 aliphatic carbocycles. The predicted molar refractivity (Wildman–Crippen MR) is 81.2 cm³/mol. The zero-order valence-corrected chi connectivity index (χ0v) is 12.9. The monoisotopic (exact) mass is 304 g/mol. The van der Waals surface area contributed by atoms with Gasteiger partial charge in [-0.15, -0.1) is 0 Å². The molecule has 1 saturated carbocycles. The molecule has 0 bridgehead atoms. The van der Waals surface area contributed by atoms with Gasteiger partial charge in [0.15, 0.2) is 0 Å². The van der Waals surface area contributed by atoms with Crippen molar-refractivity contribution in [1.82, 2.24) is 10.2 Å². The number of fused-ring (bicyclic) bond motifs is 1. The number of hydrogen-bond acceptors (Lipinski definition) is 4. The number of likely N-dealkylation sites (tertiary alicyclic amines) is 1. The normalized spacial score (nSPS) is 31.9. The second-order valence-corrected chi connectivity index (χ2v) is 6.89. The summed E-state index contributed by atoms with van der Waals surface area (Å²) in [7, 11) is 0. The van der Waals surface area contributed by atoms with E-state index in [0.29, 0.717) is 6.04 Å². The minimum Gasteiger partial charge on any atom is -0.472 e. The summed E-state index contributed by atoms with van der Waals surface area (Å²) in [5.41, 5.74) is 1.21. The highest BCUT2D eigenvalue weighted by molar-refractivity contribution is 5.80. The van der Waals surface area contributed by atoms with Crippen LogP contribution in [0.1, 0.15) is 37.7 Å². The molecule has 4 rings (SSSR count). The fourth-order valence-corrected chi connectivity index (χ4v) is 3.70. The van der Waals surface area contributed by atoms with Gasteiger partial charge in [0.25, 0.3) is 0 Å². The molecule has 5 heteroatoms. The molecule has 1 N–H and O–H groups in total. The average molecular weight is 304 g/mol. The first kappa shape index (κ1) is 14.3. The number of rotatable bonds is 5. The number of hydrogen-bond donors (Lipinski definition) is 1. The Balaban J connectivity index is 1.30. The molecular weight excluding hydrogens is 280 g/mol. The second-order valence-electron chi connectivity index (χ2n) is 6.89. The van der Waals surface area contributed by atoms with Crippen molar-refractivity contribution in [1.29, 1.82) is 0 Å². The minimum absolute atomic E-state index is 0.0960. The Kier molecular flexibility index (Phi) is 3.92. The van der Waals surface area contributed by atoms with E-state index in [1.165, 1.54) is 18.4 Å². The van der Waals surface area contributed by atoms with Crippen LogP contribution in [0.4, 0.5) is 0 Å². The number of nitrogens with one attached hydrogen (secondary N) is 1. The summed E-state index contributed by atoms with van der Waals surface area (Å²) >= 11 is 0. The Labute approximate surface area is 131 Å². The van der Waals surface area contributed by atoms with E-state index in [2.05, 4.69) is 10.2 Å². The molecule has 5 nitrogen and oxygen atoms in total. The lowest BCUT2D eigenvalue weighted by molar-refractivity contribution is -0.144. The number of nitrogens with zero attached hydrogens (tertiary/aromatic N) is 1. The summed E-state index contributed by atoms with van der Waals surface area (Å²) in [6.45, 7) is 2.79. The third kappa shape index (κ3) is 3.06. The standard InChI is InChI=1S/C17H24N2O3/c20-17(18-9-12-1-2-12)16-4-3-14-15(22-16)5-7-19(14)10-13-6-8-21-11-13/h6,8,11-12,14-16H,1-5,7,9-10H2,(H,18,20)/t14-,15-,16+/m1/s1. The largest absolute Gasteiger partial charge is 0.472 e. The van der Waals surface area contributed by atoms with Crippen LogP contribution in [-0.4, -0.2) is 42.1 Å². The van der Waals surface area contributed by atoms with E-state index in [0.717, 1.165) is 44.8 Å². The van der Waals surface area contributed by atoms with Crippen LogP contribution < -0.4 is 5.32 Å². The Bertz CT molecular complexity index is 512. The molecule has 3 heterocycles. The lowest BCUT2D eigenvalue weighted by Crippen LogP contribution is -2.47. The van der Waals surface area contributed by atoms with Crippen LogP contribution in [0.3, 0.4) is 0 Å². The van der Waals surface area contributed by atoms with Crippen molar-refractivity contribution in [3.05, 3.63) is 24.2 Å². The van der Waals surface area contributed by atoms with Crippen molar-refractivity contribution >= 4 is 5.91 Å². The summed E-state index contributed by atoms with van der Waals surface area (Å²) in [6, 6.07) is 2.47. The summed E-state index contributed by atoms with van der Waals surface area (Å²) in [5, 5.41) is 3.05. The topological polar surface area (TPSA) is 54.7 Å². The molecule has 0 radical (unpaired) electrons. The van der Waals surface area contributed by atoms with Gasteiger partial charge in [-0.1, -0.05) is 0 Å². The van der Waals surface area contributed by atoms with Crippen LogP contribution in [0.15, 0.2) is 23.0 Å². The molecule has 3 atom stereocenters. The van der Waals surface area contributed by atoms with Gasteiger partial charge < -0.3 is 14.5 Å². The Morgan fingerprint density at radius 3 is 2.95 bits per heavy atom. The van der Waals surface area contributed by atoms with Crippen LogP contribution in [0, 0.1) is 5.92 Å². The van der Waals surface area contributed by atoms with Crippen LogP contribution in [0.2, 0.25) is 0 Å². The summed E-state index contributed by atoms with van der Waals surface area (Å²) in [6.07, 6.45) is 8.93. The maximum Gasteiger partial charge on any atom is 0.249 e. The van der Waals surface area contributed by atoms with E-state index in [4.69, 9.17) is 9.15 Å². The highest BCUT2D eigenvalue weighted by Crippen LogP contribution is 2.33. The van der Waals surface area contributed by atoms with Crippen molar-refractivity contribution < 1.29 is 13.9 Å². The van der Waals surface area contributed by atoms with Gasteiger partial charge in [-0.2, -0.15) is 0 Å². The van der Waals surface area contributed by atoms with E-state index < -0.39 is 0 Å². The molecule has 0 spiro atoms. The molecule has 3 fully saturated rings. The van der Waals surface area contributed by atoms with Crippen molar-refractivity contribution in [3.63, 3.8) is 0 Å². The number of carbonyl (C=O) groups excluding carboxylic acids is 1. The fourth-order valence-electron chi connectivity index (χ4n) is 3.70. The third-order valence-electron chi connectivity index (χ3n) is 5.18. The molecule has 120 valence electrons. The SMILES string of the molecule is O=C(NCC1CC1)[C@@H]1CC[C@@H]2[C@@H](CCN2Cc2ccoc2)O1. The van der Waals surface area contributed by atoms with E-state index in [1.54, 1.807) is 6.26 Å². The molecule has 1 aromatic rings. The maximum absolute atomic E-state index is 12.2. The molecule has 0 aromatic carbocycles. The molecule has 1 amide bonds. The van der Waals surface area contributed by atoms with E-state index in [1.807, 2.05) is 12.3 Å². The van der Waals surface area contributed by atoms with Crippen molar-refractivity contribution in [3.8, 4) is 0 Å². The van der Waals surface area contributed by atoms with Crippen molar-refractivity contribution in [2.45, 2.75) is 56.9 Å². The van der Waals surface area contributed by atoms with Gasteiger partial charge in [0, 0.05) is 31.2 Å². The minimum atomic E-state index is -0.242. The van der Waals surface area contributed by atoms with E-state index in [9.17, 15) is 4.79 Å². The van der Waals surface area contributed by atoms with Crippen LogP contribution >= 0.6 is 0 Å². The lowest BCUT2D eigenvalue weighted by Gasteiger charge is -2.35. The first-order valence-corrected chi connectivity index (χ1v) is 8.48. The smallest absolute Gasteiger partial charge is 0.249 e. The van der Waals surface area contributed by atoms with E-state index >= 15 is 0 Å². The number of ether oxygens (including phenoxy) is 1. The second kappa shape index (κ2) is 6.05. The van der Waals surface area contributed by atoms with Crippen molar-refractivity contribution in [2.24, 2.45) is 5.92 Å². The van der Waals surface area contributed by atoms with Gasteiger partial charge in [-0.3, -0.25) is 9.69 Å². The molecule has 0 unspecified atom stereocenters. The Morgan fingerprint density at radius 2 is 2.18 bits per heavy atom. The lowest BCUT2D eigenvalue weighted by atomic mass is 9.98. The highest BCUT2D eigenvalue weighted by atomic mass is 16.5. The van der Waals surface area contributed by atoms with E-state index in [-0.39, 0.29) is 18.1 Å². The van der Waals surface area contributed by atoms with Gasteiger partial charge in [0.2, 0.25) is 5.91 Å². The zero-order chi connectivity index (χ0) is 14.9. The Hall–Kier alpha value is -1.33. The molecule has 1 aromatic heterocycles. The number of carbonyl (C=O) groups is 1. The van der Waals surface area contributed by atoms with Crippen LogP contribution in [0.25, 0.3) is 0 Å². The molecule has 2 saturated heterocycles. The first-order chi connectivity index (χ1) is 10.8. The molecule has 3 aliphatic rings. The maximum atomic E-state index is 12.2. The summed E-state index contributed by atoms with van der Waals surface area (Å²) < 4.78 is 11.2. The molecular formula is C17H24N2O3. The summed E-state index contributed by atoms with van der Waals surface area (Å²) in [4.78, 5) is 14.7. The summed E-state index contributed by atoms with van der Waals surface area (Å²) in [5.74, 6) is 0.816. The van der Waals surface area contributed by atoms with Gasteiger partial charge in [-0.05, 0) is 44.1 Å². The fraction of sp³-hybridized carbons (Fsp3) is 0.706. The third-order valence-corrected chi connectivity index (χ3v) is 5.18. The van der Waals surface area contributed by atoms with Gasteiger partial charge in [0.05, 0.1) is 18.6 Å². The highest BCUT2D eigenvalue weighted by Gasteiger charge is 2.41. The first-order valence-electron chi connectivity index (χ1n) is 8.48. The predicted octanol–water partition coefficient (Wildman–Crippen LogP) is 1.93. The Morgan fingerprint density at radius 1 is 1.27 bits per heavy atom. The van der Waals surface area contributed by atoms with Gasteiger partial charge in [0.1, 0.15) is 6.10 Å². The average Bonchev–Trinajstić information content (AvgIpc) is 3.07. The van der Waals surface area contributed by atoms with Crippen LogP contribution in [-0.2, 0) is 16.1 Å². The quantitative estimate of drug-likeness (QED) is 0.903. The van der Waals surface area contributed by atoms with Crippen molar-refractivity contribution in [2.75, 3.05) is 13.1 Å². The van der Waals surface area contributed by atoms with Gasteiger partial charge >= 0.3 is 0 Å². The zero-order valence-electron chi connectivity index (χ0n) is 12.9. The number of furan rings is 1.